The lowest BCUT2D eigenvalue weighted by atomic mass is 10.1. The number of halogens is 6. The fourth-order valence-electron chi connectivity index (χ4n) is 3.88. The topological polar surface area (TPSA) is 142 Å². The third kappa shape index (κ3) is 6.55. The number of nitrogens with zero attached hydrogens (tertiary/aromatic N) is 4. The number of alkyl halides is 6. The Labute approximate surface area is 209 Å². The minimum absolute atomic E-state index is 0.101. The van der Waals surface area contributed by atoms with Crippen LogP contribution >= 0.6 is 19.4 Å². The van der Waals surface area contributed by atoms with E-state index in [0.29, 0.717) is 5.03 Å². The maximum Gasteiger partial charge on any atom is 0.392 e. The van der Waals surface area contributed by atoms with Gasteiger partial charge >= 0.3 is 12.4 Å². The molecule has 0 amide bonds. The van der Waals surface area contributed by atoms with Crippen LogP contribution in [0.3, 0.4) is 0 Å². The first-order chi connectivity index (χ1) is 17.0. The summed E-state index contributed by atoms with van der Waals surface area (Å²) in [5.41, 5.74) is 4.35. The molecule has 202 valence electrons. The Bertz CT molecular complexity index is 1310. The van der Waals surface area contributed by atoms with Crippen molar-refractivity contribution in [2.75, 3.05) is 5.73 Å². The number of rotatable bonds is 9. The van der Waals surface area contributed by atoms with Gasteiger partial charge in [0.25, 0.3) is 0 Å². The van der Waals surface area contributed by atoms with E-state index < -0.39 is 50.3 Å². The van der Waals surface area contributed by atoms with Crippen LogP contribution < -0.4 is 15.5 Å². The monoisotopic (exact) mass is 569 g/mol. The average molecular weight is 569 g/mol. The van der Waals surface area contributed by atoms with Gasteiger partial charge in [-0.25, -0.2) is 9.97 Å². The van der Waals surface area contributed by atoms with E-state index in [4.69, 9.17) is 10.5 Å². The molecule has 2 heterocycles. The largest absolute Gasteiger partial charge is 0.809 e. The van der Waals surface area contributed by atoms with Crippen molar-refractivity contribution in [3.8, 4) is 0 Å². The van der Waals surface area contributed by atoms with Crippen molar-refractivity contribution in [2.24, 2.45) is 0 Å². The Hall–Kier alpha value is -2.39. The van der Waals surface area contributed by atoms with Gasteiger partial charge in [0.1, 0.15) is 15.9 Å². The number of ether oxygens (including phenoxy) is 1. The SMILES string of the molecule is Nc1nc(Sc2ccccc2)c2ncn(CC3(OC(CC(F)(F)F)(CC(F)(F)F)P(=O)([O-])[O-])CC3)c2n1. The lowest BCUT2D eigenvalue weighted by Gasteiger charge is -2.51. The number of hydrogen-bond acceptors (Lipinski definition) is 9. The summed E-state index contributed by atoms with van der Waals surface area (Å²) in [4.78, 5) is 37.0. The molecule has 1 aromatic carbocycles. The number of aromatic nitrogens is 4. The van der Waals surface area contributed by atoms with Crippen molar-refractivity contribution in [3.05, 3.63) is 36.7 Å². The summed E-state index contributed by atoms with van der Waals surface area (Å²) < 4.78 is 97.5. The van der Waals surface area contributed by atoms with Crippen LogP contribution in [0.5, 0.6) is 0 Å². The first kappa shape index (κ1) is 27.6. The Balaban J connectivity index is 1.69. The molecule has 37 heavy (non-hydrogen) atoms. The lowest BCUT2D eigenvalue weighted by Crippen LogP contribution is -2.51. The fraction of sp³-hybridized carbons (Fsp3) is 0.450. The van der Waals surface area contributed by atoms with E-state index in [9.17, 15) is 40.7 Å². The molecule has 17 heteroatoms. The number of hydrogen-bond donors (Lipinski definition) is 1. The summed E-state index contributed by atoms with van der Waals surface area (Å²) in [6, 6.07) is 8.97. The molecule has 1 aliphatic rings. The van der Waals surface area contributed by atoms with Gasteiger partial charge in [0.2, 0.25) is 5.95 Å². The molecule has 2 aromatic heterocycles. The van der Waals surface area contributed by atoms with Crippen LogP contribution in [0.1, 0.15) is 25.7 Å². The summed E-state index contributed by atoms with van der Waals surface area (Å²) in [6.45, 7) is -0.424. The molecule has 0 saturated heterocycles. The zero-order chi connectivity index (χ0) is 27.3. The molecule has 1 saturated carbocycles. The van der Waals surface area contributed by atoms with Gasteiger partial charge in [-0.05, 0) is 32.6 Å². The van der Waals surface area contributed by atoms with Gasteiger partial charge in [0, 0.05) is 4.90 Å². The second-order valence-electron chi connectivity index (χ2n) is 8.66. The van der Waals surface area contributed by atoms with Crippen LogP contribution in [0, 0.1) is 0 Å². The van der Waals surface area contributed by atoms with E-state index in [-0.39, 0.29) is 30.0 Å². The predicted octanol–water partition coefficient (Wildman–Crippen LogP) is 3.62. The Morgan fingerprint density at radius 2 is 1.65 bits per heavy atom. The van der Waals surface area contributed by atoms with Crippen molar-refractivity contribution >= 4 is 36.5 Å². The van der Waals surface area contributed by atoms with E-state index >= 15 is 0 Å². The van der Waals surface area contributed by atoms with Crippen LogP contribution in [0.25, 0.3) is 11.2 Å². The average Bonchev–Trinajstić information content (AvgIpc) is 3.36. The molecular weight excluding hydrogens is 551 g/mol. The van der Waals surface area contributed by atoms with Crippen LogP contribution in [0.2, 0.25) is 0 Å². The number of nitrogen functional groups attached to an aromatic ring is 1. The molecule has 0 unspecified atom stereocenters. The number of nitrogens with two attached hydrogens (primary N) is 1. The standard InChI is InChI=1S/C20H20F6N5O4PS/c21-19(22,23)8-18(36(32,33)34,9-20(24,25)26)35-17(6-7-17)10-31-11-28-13-14(31)29-16(27)30-15(13)37-12-4-2-1-3-5-12/h1-5,11H,6-10H2,(H2,27,29,30)(H2,32,33,34)/p-2. The summed E-state index contributed by atoms with van der Waals surface area (Å²) >= 11 is 1.20. The van der Waals surface area contributed by atoms with Crippen LogP contribution in [-0.2, 0) is 15.8 Å². The van der Waals surface area contributed by atoms with Crippen molar-refractivity contribution < 1.29 is 45.4 Å². The predicted molar refractivity (Wildman–Crippen MR) is 115 cm³/mol. The van der Waals surface area contributed by atoms with Gasteiger partial charge in [-0.3, -0.25) is 0 Å². The fourth-order valence-corrected chi connectivity index (χ4v) is 5.83. The highest BCUT2D eigenvalue weighted by Gasteiger charge is 2.58. The number of anilines is 1. The summed E-state index contributed by atoms with van der Waals surface area (Å²) in [7, 11) is -6.58. The quantitative estimate of drug-likeness (QED) is 0.232. The van der Waals surface area contributed by atoms with Crippen LogP contribution in [0.4, 0.5) is 32.3 Å². The van der Waals surface area contributed by atoms with Gasteiger partial charge in [-0.15, -0.1) is 0 Å². The molecule has 0 bridgehead atoms. The molecule has 0 atom stereocenters. The molecular formula is C20H18F6N5O4PS-2. The Morgan fingerprint density at radius 3 is 2.16 bits per heavy atom. The Morgan fingerprint density at radius 1 is 1.05 bits per heavy atom. The highest BCUT2D eigenvalue weighted by atomic mass is 32.2. The van der Waals surface area contributed by atoms with E-state index in [1.807, 2.05) is 0 Å². The molecule has 4 rings (SSSR count). The first-order valence-electron chi connectivity index (χ1n) is 10.6. The van der Waals surface area contributed by atoms with Gasteiger partial charge < -0.3 is 29.4 Å². The third-order valence-corrected chi connectivity index (χ3v) is 7.92. The Kier molecular flexibility index (Phi) is 7.03. The number of imidazole rings is 1. The normalized spacial score (nSPS) is 16.3. The van der Waals surface area contributed by atoms with Gasteiger partial charge in [0.05, 0.1) is 31.3 Å². The van der Waals surface area contributed by atoms with E-state index in [2.05, 4.69) is 15.0 Å². The summed E-state index contributed by atoms with van der Waals surface area (Å²) in [5.74, 6) is -0.175. The van der Waals surface area contributed by atoms with Gasteiger partial charge in [-0.1, -0.05) is 30.0 Å². The summed E-state index contributed by atoms with van der Waals surface area (Å²) in [5, 5.41) is -3.73. The molecule has 1 fully saturated rings. The lowest BCUT2D eigenvalue weighted by molar-refractivity contribution is -0.347. The smallest absolute Gasteiger partial charge is 0.392 e. The molecule has 3 aromatic rings. The third-order valence-electron chi connectivity index (χ3n) is 5.53. The maximum atomic E-state index is 13.2. The number of fused-ring (bicyclic) bond motifs is 1. The van der Waals surface area contributed by atoms with Crippen molar-refractivity contribution in [1.82, 2.24) is 19.5 Å². The minimum Gasteiger partial charge on any atom is -0.809 e. The van der Waals surface area contributed by atoms with E-state index in [1.165, 1.54) is 22.7 Å². The van der Waals surface area contributed by atoms with Crippen molar-refractivity contribution in [1.29, 1.82) is 0 Å². The van der Waals surface area contributed by atoms with E-state index in [1.54, 1.807) is 30.3 Å². The van der Waals surface area contributed by atoms with Crippen LogP contribution in [-0.4, -0.2) is 42.8 Å². The summed E-state index contributed by atoms with van der Waals surface area (Å²) in [6.07, 6.45) is -15.1. The van der Waals surface area contributed by atoms with Crippen molar-refractivity contribution in [2.45, 2.75) is 65.4 Å². The van der Waals surface area contributed by atoms with E-state index in [0.717, 1.165) is 4.90 Å². The molecule has 0 spiro atoms. The minimum atomic E-state index is -6.58. The molecule has 9 nitrogen and oxygen atoms in total. The highest BCUT2D eigenvalue weighted by molar-refractivity contribution is 7.99. The first-order valence-corrected chi connectivity index (χ1v) is 12.9. The number of benzene rings is 1. The van der Waals surface area contributed by atoms with Crippen molar-refractivity contribution in [3.63, 3.8) is 0 Å². The van der Waals surface area contributed by atoms with Crippen LogP contribution in [0.15, 0.2) is 46.6 Å². The van der Waals surface area contributed by atoms with Gasteiger partial charge in [-0.2, -0.15) is 31.3 Å². The maximum absolute atomic E-state index is 13.2. The molecule has 0 radical (unpaired) electrons. The second kappa shape index (κ2) is 9.42. The molecule has 1 aliphatic carbocycles. The second-order valence-corrected chi connectivity index (χ2v) is 11.5. The zero-order valence-electron chi connectivity index (χ0n) is 18.6. The highest BCUT2D eigenvalue weighted by Crippen LogP contribution is 2.60. The zero-order valence-corrected chi connectivity index (χ0v) is 20.3. The van der Waals surface area contributed by atoms with Gasteiger partial charge in [0.15, 0.2) is 5.65 Å². The molecule has 0 aliphatic heterocycles. The molecule has 2 N–H and O–H groups in total.